The number of rotatable bonds is 7. The normalized spacial score (nSPS) is 13.3. The Morgan fingerprint density at radius 1 is 0.656 bits per heavy atom. The molecule has 8 aromatic carbocycles. The number of fused-ring (bicyclic) bond motifs is 5. The molecule has 0 bridgehead atoms. The van der Waals surface area contributed by atoms with Crippen molar-refractivity contribution in [1.29, 1.82) is 0 Å². The first-order chi connectivity index (χ1) is 31.9. The topological polar surface area (TPSA) is 42.8 Å². The third kappa shape index (κ3) is 6.92. The van der Waals surface area contributed by atoms with Gasteiger partial charge in [-0.15, -0.1) is 48.1 Å². The summed E-state index contributed by atoms with van der Waals surface area (Å²) < 4.78 is 35.4. The zero-order valence-electron chi connectivity index (χ0n) is 38.2. The Labute approximate surface area is 391 Å². The minimum Gasteiger partial charge on any atom is -0.510 e. The molecule has 3 heterocycles. The van der Waals surface area contributed by atoms with Gasteiger partial charge in [0, 0.05) is 77.4 Å². The van der Waals surface area contributed by atoms with E-state index in [0.717, 1.165) is 55.6 Å². The Kier molecular flexibility index (Phi) is 9.33. The van der Waals surface area contributed by atoms with Crippen LogP contribution in [0.4, 0.5) is 28.4 Å². The fourth-order valence-corrected chi connectivity index (χ4v) is 8.67. The maximum atomic E-state index is 8.56. The summed E-state index contributed by atoms with van der Waals surface area (Å²) in [5.74, 6) is 0.922. The zero-order valence-corrected chi connectivity index (χ0v) is 37.4. The number of para-hydroxylation sites is 5. The van der Waals surface area contributed by atoms with Gasteiger partial charge in [0.25, 0.3) is 0 Å². The number of aryl methyl sites for hydroxylation is 1. The van der Waals surface area contributed by atoms with E-state index >= 15 is 0 Å². The smallest absolute Gasteiger partial charge is 0.213 e. The number of benzene rings is 8. The van der Waals surface area contributed by atoms with E-state index in [2.05, 4.69) is 127 Å². The van der Waals surface area contributed by atoms with E-state index in [9.17, 15) is 0 Å². The molecule has 0 unspecified atom stereocenters. The fourth-order valence-electron chi connectivity index (χ4n) is 8.67. The van der Waals surface area contributed by atoms with Crippen molar-refractivity contribution in [1.82, 2.24) is 14.1 Å². The molecule has 8 heteroatoms. The Morgan fingerprint density at radius 3 is 1.95 bits per heavy atom. The summed E-state index contributed by atoms with van der Waals surface area (Å²) in [7, 11) is 0. The van der Waals surface area contributed by atoms with Gasteiger partial charge in [0.1, 0.15) is 0 Å². The van der Waals surface area contributed by atoms with Crippen molar-refractivity contribution in [2.24, 2.45) is 6.98 Å². The monoisotopic (exact) mass is 1010 g/mol. The first kappa shape index (κ1) is 37.2. The van der Waals surface area contributed by atoms with Gasteiger partial charge in [-0.05, 0) is 70.0 Å². The van der Waals surface area contributed by atoms with Gasteiger partial charge in [-0.25, -0.2) is 4.98 Å². The summed E-state index contributed by atoms with van der Waals surface area (Å²) in [6.07, 6.45) is 0. The number of ether oxygens (including phenoxy) is 1. The second kappa shape index (κ2) is 16.1. The standard InChI is InChI=1S/C56H41N6O.Pt/c1-56(2,3)39-30-46(37-18-8-6-9-19-37)54(47(31-39)38-20-10-7-11-21-38)61-36-60(51-26-16-17-27-52(51)61)41-32-40(57-4)33-43(34-41)63-42-28-29-45-44-22-12-14-24-49(44)62(53(45)35-42)55-58-48-23-13-15-25-50(48)59(55)5;/h6-33,36H,1-3,5H3;/q-3;/i5D3;. The minimum absolute atomic E-state index is 0. The predicted molar refractivity (Wildman–Crippen MR) is 257 cm³/mol. The van der Waals surface area contributed by atoms with Crippen LogP contribution in [0, 0.1) is 25.4 Å². The Hall–Kier alpha value is -7.39. The molecule has 0 N–H and O–H groups in total. The second-order valence-corrected chi connectivity index (χ2v) is 16.7. The van der Waals surface area contributed by atoms with Crippen LogP contribution < -0.4 is 14.5 Å². The van der Waals surface area contributed by atoms with Crippen LogP contribution in [0.25, 0.3) is 65.9 Å². The molecule has 0 saturated carbocycles. The minimum atomic E-state index is -2.52. The van der Waals surface area contributed by atoms with Crippen molar-refractivity contribution in [3.05, 3.63) is 206 Å². The Bertz CT molecular complexity index is 3490. The van der Waals surface area contributed by atoms with Crippen molar-refractivity contribution >= 4 is 61.3 Å². The van der Waals surface area contributed by atoms with Gasteiger partial charge >= 0.3 is 0 Å². The van der Waals surface area contributed by atoms with Crippen molar-refractivity contribution in [2.75, 3.05) is 9.80 Å². The van der Waals surface area contributed by atoms with E-state index < -0.39 is 6.98 Å². The quantitative estimate of drug-likeness (QED) is 0.149. The molecule has 0 fully saturated rings. The molecule has 10 aromatic rings. The molecule has 2 aromatic heterocycles. The predicted octanol–water partition coefficient (Wildman–Crippen LogP) is 14.7. The SMILES string of the molecule is [2H]C([2H])([2H])n1c(-n2c3[c-]c(Oc4[c-]c(N5[CH-]N(c6c(-c7ccccc7)cc(C(C)(C)C)cc6-c6ccccc6)c6ccccc65)cc([N+]#[C-])c4)ccc3c3ccccc32)nc2ccccc21.[Pt]. The van der Waals surface area contributed by atoms with E-state index in [-0.39, 0.29) is 32.4 Å². The molecular formula is C56H41N6OPt-3. The summed E-state index contributed by atoms with van der Waals surface area (Å²) in [6.45, 7) is 14.5. The third-order valence-electron chi connectivity index (χ3n) is 11.7. The van der Waals surface area contributed by atoms with Crippen molar-refractivity contribution in [3.63, 3.8) is 0 Å². The number of aromatic nitrogens is 3. The number of nitrogens with zero attached hydrogens (tertiary/aromatic N) is 6. The number of hydrogen-bond donors (Lipinski definition) is 0. The van der Waals surface area contributed by atoms with Crippen LogP contribution in [-0.4, -0.2) is 14.1 Å². The maximum absolute atomic E-state index is 8.56. The molecule has 0 amide bonds. The largest absolute Gasteiger partial charge is 0.510 e. The van der Waals surface area contributed by atoms with Gasteiger partial charge in [-0.3, -0.25) is 4.85 Å². The molecule has 0 radical (unpaired) electrons. The summed E-state index contributed by atoms with van der Waals surface area (Å²) in [6, 6.07) is 63.2. The zero-order chi connectivity index (χ0) is 45.3. The van der Waals surface area contributed by atoms with E-state index in [4.69, 9.17) is 20.4 Å². The van der Waals surface area contributed by atoms with E-state index in [1.807, 2.05) is 89.5 Å². The second-order valence-electron chi connectivity index (χ2n) is 16.7. The van der Waals surface area contributed by atoms with Gasteiger partial charge in [-0.2, -0.15) is 6.07 Å². The van der Waals surface area contributed by atoms with Crippen LogP contribution in [0.15, 0.2) is 170 Å². The summed E-state index contributed by atoms with van der Waals surface area (Å²) in [5.41, 5.74) is 11.8. The molecule has 0 aliphatic carbocycles. The molecule has 64 heavy (non-hydrogen) atoms. The van der Waals surface area contributed by atoms with E-state index in [0.29, 0.717) is 39.4 Å². The fraction of sp³-hybridized carbons (Fsp3) is 0.0893. The van der Waals surface area contributed by atoms with E-state index in [1.165, 1.54) is 10.1 Å². The Morgan fingerprint density at radius 2 is 1.28 bits per heavy atom. The third-order valence-corrected chi connectivity index (χ3v) is 11.7. The van der Waals surface area contributed by atoms with Gasteiger partial charge < -0.3 is 23.7 Å². The van der Waals surface area contributed by atoms with Crippen LogP contribution in [0.2, 0.25) is 0 Å². The maximum Gasteiger partial charge on any atom is 0.213 e. The summed E-state index contributed by atoms with van der Waals surface area (Å²) >= 11 is 0. The average molecular weight is 1010 g/mol. The van der Waals surface area contributed by atoms with Gasteiger partial charge in [0.2, 0.25) is 5.95 Å². The number of imidazole rings is 1. The van der Waals surface area contributed by atoms with Crippen LogP contribution >= 0.6 is 0 Å². The van der Waals surface area contributed by atoms with Crippen molar-refractivity contribution in [2.45, 2.75) is 26.2 Å². The summed E-state index contributed by atoms with van der Waals surface area (Å²) in [5, 5.41) is 1.76. The summed E-state index contributed by atoms with van der Waals surface area (Å²) in [4.78, 5) is 13.1. The molecule has 0 saturated heterocycles. The molecule has 314 valence electrons. The van der Waals surface area contributed by atoms with Crippen molar-refractivity contribution in [3.8, 4) is 39.7 Å². The molecule has 1 aliphatic rings. The van der Waals surface area contributed by atoms with E-state index in [1.54, 1.807) is 12.1 Å². The molecule has 0 atom stereocenters. The van der Waals surface area contributed by atoms with Gasteiger partial charge in [0.05, 0.1) is 23.3 Å². The van der Waals surface area contributed by atoms with Crippen LogP contribution in [0.3, 0.4) is 0 Å². The number of anilines is 4. The van der Waals surface area contributed by atoms with Crippen LogP contribution in [0.1, 0.15) is 30.4 Å². The first-order valence-corrected chi connectivity index (χ1v) is 20.8. The average Bonchev–Trinajstić information content (AvgIpc) is 4.01. The van der Waals surface area contributed by atoms with Crippen LogP contribution in [0.5, 0.6) is 11.5 Å². The van der Waals surface area contributed by atoms with Crippen molar-refractivity contribution < 1.29 is 29.9 Å². The molecule has 7 nitrogen and oxygen atoms in total. The molecule has 11 rings (SSSR count). The van der Waals surface area contributed by atoms with Gasteiger partial charge in [0.15, 0.2) is 0 Å². The van der Waals surface area contributed by atoms with Gasteiger partial charge in [-0.1, -0.05) is 129 Å². The first-order valence-electron chi connectivity index (χ1n) is 22.3. The van der Waals surface area contributed by atoms with Crippen LogP contribution in [-0.2, 0) is 33.5 Å². The molecule has 0 spiro atoms. The number of hydrogen-bond acceptors (Lipinski definition) is 4. The Balaban J connectivity index is 0.00000525. The molecule has 1 aliphatic heterocycles. The molecular weight excluding hydrogens is 968 g/mol.